The van der Waals surface area contributed by atoms with Gasteiger partial charge in [0.15, 0.2) is 5.76 Å². The van der Waals surface area contributed by atoms with E-state index in [1.54, 1.807) is 6.07 Å². The Kier molecular flexibility index (Phi) is 4.88. The number of nitrogens with one attached hydrogen (secondary N) is 1. The van der Waals surface area contributed by atoms with Crippen LogP contribution in [0, 0.1) is 0 Å². The van der Waals surface area contributed by atoms with Gasteiger partial charge in [0.2, 0.25) is 5.76 Å². The number of carbonyl (C=O) groups is 1. The van der Waals surface area contributed by atoms with Crippen LogP contribution in [0.3, 0.4) is 0 Å². The number of benzene rings is 3. The molecule has 0 spiro atoms. The molecule has 0 unspecified atom stereocenters. The summed E-state index contributed by atoms with van der Waals surface area (Å²) in [5, 5.41) is 9.80. The Morgan fingerprint density at radius 2 is 1.77 bits per heavy atom. The van der Waals surface area contributed by atoms with Gasteiger partial charge in [-0.3, -0.25) is 4.79 Å². The van der Waals surface area contributed by atoms with Gasteiger partial charge < -0.3 is 19.0 Å². The summed E-state index contributed by atoms with van der Waals surface area (Å²) < 4.78 is 16.9. The highest BCUT2D eigenvalue weighted by Gasteiger charge is 2.18. The molecular weight excluding hydrogens is 392 g/mol. The number of ether oxygens (including phenoxy) is 1. The predicted molar refractivity (Wildman–Crippen MR) is 118 cm³/mol. The van der Waals surface area contributed by atoms with Crippen LogP contribution in [0.15, 0.2) is 81.7 Å². The van der Waals surface area contributed by atoms with E-state index in [0.717, 1.165) is 21.7 Å². The fourth-order valence-corrected chi connectivity index (χ4v) is 3.64. The molecule has 0 radical (unpaired) electrons. The largest absolute Gasteiger partial charge is 0.493 e. The van der Waals surface area contributed by atoms with Gasteiger partial charge in [0, 0.05) is 11.5 Å². The number of nitrogens with zero attached hydrogens (tertiary/aromatic N) is 1. The zero-order valence-corrected chi connectivity index (χ0v) is 16.9. The first-order chi connectivity index (χ1) is 15.2. The zero-order chi connectivity index (χ0) is 21.2. The lowest BCUT2D eigenvalue weighted by atomic mass is 10.0. The first kappa shape index (κ1) is 18.9. The van der Waals surface area contributed by atoms with Gasteiger partial charge in [0.25, 0.3) is 5.91 Å². The highest BCUT2D eigenvalue weighted by molar-refractivity contribution is 6.09. The highest BCUT2D eigenvalue weighted by atomic mass is 16.5. The van der Waals surface area contributed by atoms with Crippen LogP contribution in [-0.4, -0.2) is 17.7 Å². The Morgan fingerprint density at radius 1 is 0.968 bits per heavy atom. The number of hydrogen-bond donors (Lipinski definition) is 1. The average Bonchev–Trinajstić information content (AvgIpc) is 3.44. The molecule has 0 aliphatic rings. The molecule has 1 amide bonds. The molecule has 5 aromatic rings. The number of hydrogen-bond acceptors (Lipinski definition) is 5. The molecule has 0 saturated heterocycles. The van der Waals surface area contributed by atoms with Crippen LogP contribution in [0.5, 0.6) is 5.75 Å². The Bertz CT molecular complexity index is 1350. The Hall–Kier alpha value is -4.06. The maximum absolute atomic E-state index is 13.1. The molecule has 0 fully saturated rings. The van der Waals surface area contributed by atoms with Crippen molar-refractivity contribution in [2.24, 2.45) is 0 Å². The molecule has 0 saturated carbocycles. The molecular formula is C25H20N2O4. The van der Waals surface area contributed by atoms with Crippen molar-refractivity contribution >= 4 is 27.6 Å². The lowest BCUT2D eigenvalue weighted by molar-refractivity contribution is 0.0948. The van der Waals surface area contributed by atoms with Crippen molar-refractivity contribution in [2.75, 3.05) is 6.61 Å². The molecule has 0 bridgehead atoms. The number of aromatic nitrogens is 1. The van der Waals surface area contributed by atoms with Crippen LogP contribution in [0.2, 0.25) is 0 Å². The normalized spacial score (nSPS) is 11.1. The quantitative estimate of drug-likeness (QED) is 0.394. The number of rotatable bonds is 6. The molecule has 5 rings (SSSR count). The lowest BCUT2D eigenvalue weighted by Crippen LogP contribution is -2.24. The van der Waals surface area contributed by atoms with E-state index in [0.29, 0.717) is 35.1 Å². The van der Waals surface area contributed by atoms with Gasteiger partial charge in [0.05, 0.1) is 18.7 Å². The molecule has 3 aromatic carbocycles. The zero-order valence-electron chi connectivity index (χ0n) is 16.9. The van der Waals surface area contributed by atoms with E-state index in [1.807, 2.05) is 73.7 Å². The molecule has 6 heteroatoms. The maximum Gasteiger partial charge on any atom is 0.256 e. The minimum absolute atomic E-state index is 0.220. The van der Waals surface area contributed by atoms with E-state index >= 15 is 0 Å². The van der Waals surface area contributed by atoms with Crippen LogP contribution in [0.4, 0.5) is 0 Å². The van der Waals surface area contributed by atoms with E-state index in [2.05, 4.69) is 10.5 Å². The van der Waals surface area contributed by atoms with Crippen LogP contribution >= 0.6 is 0 Å². The summed E-state index contributed by atoms with van der Waals surface area (Å²) in [5.74, 6) is 1.44. The smallest absolute Gasteiger partial charge is 0.256 e. The van der Waals surface area contributed by atoms with E-state index < -0.39 is 0 Å². The van der Waals surface area contributed by atoms with Gasteiger partial charge in [-0.25, -0.2) is 0 Å². The topological polar surface area (TPSA) is 77.5 Å². The molecule has 2 aromatic heterocycles. The molecule has 2 heterocycles. The standard InChI is InChI=1S/C25H20N2O4/c1-2-29-21-12-11-16-7-3-5-9-19(16)24(21)25(28)26-15-18-14-23(31-27-18)22-13-17-8-4-6-10-20(17)30-22/h3-14H,2,15H2,1H3,(H,26,28). The van der Waals surface area contributed by atoms with Crippen LogP contribution in [0.1, 0.15) is 23.0 Å². The summed E-state index contributed by atoms with van der Waals surface area (Å²) >= 11 is 0. The Labute approximate surface area is 178 Å². The van der Waals surface area contributed by atoms with Crippen molar-refractivity contribution in [2.45, 2.75) is 13.5 Å². The van der Waals surface area contributed by atoms with Crippen molar-refractivity contribution in [3.63, 3.8) is 0 Å². The number of para-hydroxylation sites is 1. The third-order valence-electron chi connectivity index (χ3n) is 5.08. The number of furan rings is 1. The molecule has 6 nitrogen and oxygen atoms in total. The molecule has 0 aliphatic heterocycles. The van der Waals surface area contributed by atoms with Gasteiger partial charge >= 0.3 is 0 Å². The summed E-state index contributed by atoms with van der Waals surface area (Å²) in [7, 11) is 0. The van der Waals surface area contributed by atoms with Gasteiger partial charge in [0.1, 0.15) is 17.0 Å². The number of amides is 1. The van der Waals surface area contributed by atoms with Crippen LogP contribution in [-0.2, 0) is 6.54 Å². The predicted octanol–water partition coefficient (Wildman–Crippen LogP) is 5.57. The monoisotopic (exact) mass is 412 g/mol. The van der Waals surface area contributed by atoms with Crippen molar-refractivity contribution in [1.29, 1.82) is 0 Å². The van der Waals surface area contributed by atoms with Gasteiger partial charge in [-0.1, -0.05) is 53.7 Å². The molecule has 1 N–H and O–H groups in total. The Balaban J connectivity index is 1.37. The third-order valence-corrected chi connectivity index (χ3v) is 5.08. The highest BCUT2D eigenvalue weighted by Crippen LogP contribution is 2.29. The molecule has 0 aliphatic carbocycles. The van der Waals surface area contributed by atoms with Crippen LogP contribution < -0.4 is 10.1 Å². The number of carbonyl (C=O) groups excluding carboxylic acids is 1. The minimum atomic E-state index is -0.228. The summed E-state index contributed by atoms with van der Waals surface area (Å²) in [6.07, 6.45) is 0. The van der Waals surface area contributed by atoms with Crippen molar-refractivity contribution in [1.82, 2.24) is 10.5 Å². The van der Waals surface area contributed by atoms with E-state index in [9.17, 15) is 4.79 Å². The maximum atomic E-state index is 13.1. The SMILES string of the molecule is CCOc1ccc2ccccc2c1C(=O)NCc1cc(-c2cc3ccccc3o2)on1. The van der Waals surface area contributed by atoms with Gasteiger partial charge in [-0.15, -0.1) is 0 Å². The number of fused-ring (bicyclic) bond motifs is 2. The fraction of sp³-hybridized carbons (Fsp3) is 0.120. The first-order valence-corrected chi connectivity index (χ1v) is 10.1. The third kappa shape index (κ3) is 3.64. The minimum Gasteiger partial charge on any atom is -0.493 e. The van der Waals surface area contributed by atoms with Gasteiger partial charge in [-0.05, 0) is 35.9 Å². The van der Waals surface area contributed by atoms with Crippen molar-refractivity contribution in [3.05, 3.63) is 84.1 Å². The van der Waals surface area contributed by atoms with Gasteiger partial charge in [-0.2, -0.15) is 0 Å². The van der Waals surface area contributed by atoms with Crippen molar-refractivity contribution in [3.8, 4) is 17.3 Å². The average molecular weight is 412 g/mol. The van der Waals surface area contributed by atoms with E-state index in [-0.39, 0.29) is 12.5 Å². The first-order valence-electron chi connectivity index (χ1n) is 10.1. The summed E-state index contributed by atoms with van der Waals surface area (Å²) in [4.78, 5) is 13.1. The van der Waals surface area contributed by atoms with Crippen molar-refractivity contribution < 1.29 is 18.5 Å². The molecule has 0 atom stereocenters. The second kappa shape index (κ2) is 7.99. The summed E-state index contributed by atoms with van der Waals surface area (Å²) in [5.41, 5.74) is 1.89. The van der Waals surface area contributed by atoms with E-state index in [1.165, 1.54) is 0 Å². The van der Waals surface area contributed by atoms with E-state index in [4.69, 9.17) is 13.7 Å². The lowest BCUT2D eigenvalue weighted by Gasteiger charge is -2.13. The molecule has 154 valence electrons. The Morgan fingerprint density at radius 3 is 2.61 bits per heavy atom. The van der Waals surface area contributed by atoms with Crippen LogP contribution in [0.25, 0.3) is 33.3 Å². The fourth-order valence-electron chi connectivity index (χ4n) is 3.64. The summed E-state index contributed by atoms with van der Waals surface area (Å²) in [6, 6.07) is 22.9. The second-order valence-electron chi connectivity index (χ2n) is 7.11. The summed E-state index contributed by atoms with van der Waals surface area (Å²) in [6.45, 7) is 2.59. The molecule has 31 heavy (non-hydrogen) atoms. The second-order valence-corrected chi connectivity index (χ2v) is 7.11.